The van der Waals surface area contributed by atoms with Crippen LogP contribution in [0.4, 0.5) is 0 Å². The van der Waals surface area contributed by atoms with Crippen molar-refractivity contribution in [3.05, 3.63) is 52.9 Å². The van der Waals surface area contributed by atoms with Crippen molar-refractivity contribution < 1.29 is 9.53 Å². The van der Waals surface area contributed by atoms with E-state index in [0.29, 0.717) is 5.56 Å². The van der Waals surface area contributed by atoms with E-state index in [0.717, 1.165) is 32.5 Å². The number of hydrogen-bond donors (Lipinski definition) is 2. The molecule has 3 rings (SSSR count). The first-order valence-electron chi connectivity index (χ1n) is 7.30. The van der Waals surface area contributed by atoms with E-state index in [4.69, 9.17) is 16.2 Å². The van der Waals surface area contributed by atoms with E-state index >= 15 is 0 Å². The average molecular weight is 339 g/mol. The molecule has 0 saturated heterocycles. The number of benzene rings is 2. The molecule has 1 heterocycles. The van der Waals surface area contributed by atoms with Gasteiger partial charge in [0.2, 0.25) is 0 Å². The topological polar surface area (TPSA) is 90.7 Å². The first kappa shape index (κ1) is 16.0. The van der Waals surface area contributed by atoms with Gasteiger partial charge in [-0.05, 0) is 42.1 Å². The average Bonchev–Trinajstić information content (AvgIpc) is 2.96. The first-order valence-corrected chi connectivity index (χ1v) is 8.18. The van der Waals surface area contributed by atoms with Gasteiger partial charge in [-0.25, -0.2) is 0 Å². The highest BCUT2D eigenvalue weighted by molar-refractivity contribution is 7.17. The summed E-state index contributed by atoms with van der Waals surface area (Å²) in [5.74, 6) is 0.104. The lowest BCUT2D eigenvalue weighted by Gasteiger charge is -2.11. The molecule has 0 fully saturated rings. The number of rotatable bonds is 3. The molecule has 5 nitrogen and oxygen atoms in total. The lowest BCUT2D eigenvalue weighted by atomic mass is 9.98. The Labute approximate surface area is 143 Å². The number of carbonyl (C=O) groups excluding carboxylic acids is 1. The monoisotopic (exact) mass is 339 g/mol. The number of fused-ring (bicyclic) bond motifs is 1. The second-order valence-corrected chi connectivity index (χ2v) is 6.27. The highest BCUT2D eigenvalue weighted by Gasteiger charge is 2.15. The molecule has 0 spiro atoms. The number of nitrogens with two attached hydrogens (primary N) is 2. The fraction of sp³-hybridized carbons (Fsp3) is 0.111. The Morgan fingerprint density at radius 1 is 1.21 bits per heavy atom. The van der Waals surface area contributed by atoms with Gasteiger partial charge in [0.1, 0.15) is 5.75 Å². The molecule has 0 radical (unpaired) electrons. The molecule has 0 aliphatic carbocycles. The smallest absolute Gasteiger partial charge is 0.280 e. The third-order valence-electron chi connectivity index (χ3n) is 3.77. The van der Waals surface area contributed by atoms with Crippen molar-refractivity contribution in [2.24, 2.45) is 16.5 Å². The van der Waals surface area contributed by atoms with Crippen LogP contribution in [-0.2, 0) is 0 Å². The number of thiophene rings is 1. The van der Waals surface area contributed by atoms with E-state index in [2.05, 4.69) is 10.4 Å². The van der Waals surface area contributed by atoms with Crippen molar-refractivity contribution in [3.8, 4) is 16.9 Å². The van der Waals surface area contributed by atoms with Crippen LogP contribution in [-0.4, -0.2) is 19.0 Å². The minimum atomic E-state index is -0.453. The van der Waals surface area contributed by atoms with E-state index in [-0.39, 0.29) is 5.96 Å². The number of aliphatic imine (C=N–C) groups is 1. The minimum Gasteiger partial charge on any atom is -0.496 e. The van der Waals surface area contributed by atoms with Crippen molar-refractivity contribution in [2.75, 3.05) is 7.11 Å². The number of ether oxygens (including phenoxy) is 1. The van der Waals surface area contributed by atoms with Crippen LogP contribution in [0.3, 0.4) is 0 Å². The molecule has 0 aliphatic heterocycles. The van der Waals surface area contributed by atoms with Crippen molar-refractivity contribution in [1.82, 2.24) is 0 Å². The van der Waals surface area contributed by atoms with Gasteiger partial charge in [-0.2, -0.15) is 4.99 Å². The lowest BCUT2D eigenvalue weighted by Crippen LogP contribution is -2.24. The van der Waals surface area contributed by atoms with Gasteiger partial charge in [-0.1, -0.05) is 12.1 Å². The third-order valence-corrected chi connectivity index (χ3v) is 4.74. The number of carbonyl (C=O) groups is 1. The SMILES string of the molecule is COc1cccc(C)c1-c1csc2ccc(C(=O)N=C(N)N)cc12. The molecule has 0 unspecified atom stereocenters. The van der Waals surface area contributed by atoms with Gasteiger partial charge in [-0.3, -0.25) is 4.79 Å². The molecule has 1 aromatic heterocycles. The quantitative estimate of drug-likeness (QED) is 0.566. The van der Waals surface area contributed by atoms with Gasteiger partial charge in [-0.15, -0.1) is 11.3 Å². The predicted octanol–water partition coefficient (Wildman–Crippen LogP) is 3.30. The summed E-state index contributed by atoms with van der Waals surface area (Å²) in [5, 5.41) is 3.05. The highest BCUT2D eigenvalue weighted by atomic mass is 32.1. The Balaban J connectivity index is 2.21. The zero-order chi connectivity index (χ0) is 17.3. The molecular weight excluding hydrogens is 322 g/mol. The van der Waals surface area contributed by atoms with Crippen LogP contribution in [0.25, 0.3) is 21.2 Å². The molecule has 24 heavy (non-hydrogen) atoms. The largest absolute Gasteiger partial charge is 0.496 e. The van der Waals surface area contributed by atoms with E-state index in [1.54, 1.807) is 24.5 Å². The van der Waals surface area contributed by atoms with E-state index in [9.17, 15) is 4.79 Å². The number of guanidine groups is 1. The number of hydrogen-bond acceptors (Lipinski definition) is 3. The lowest BCUT2D eigenvalue weighted by molar-refractivity contribution is 0.100. The van der Waals surface area contributed by atoms with E-state index in [1.807, 2.05) is 37.3 Å². The summed E-state index contributed by atoms with van der Waals surface area (Å²) < 4.78 is 6.59. The molecule has 0 bridgehead atoms. The Morgan fingerprint density at radius 3 is 2.71 bits per heavy atom. The zero-order valence-corrected chi connectivity index (χ0v) is 14.2. The van der Waals surface area contributed by atoms with Crippen LogP contribution in [0.1, 0.15) is 15.9 Å². The van der Waals surface area contributed by atoms with Crippen LogP contribution in [0.2, 0.25) is 0 Å². The summed E-state index contributed by atoms with van der Waals surface area (Å²) >= 11 is 1.62. The number of aryl methyl sites for hydroxylation is 1. The van der Waals surface area contributed by atoms with Crippen LogP contribution >= 0.6 is 11.3 Å². The van der Waals surface area contributed by atoms with Crippen molar-refractivity contribution in [1.29, 1.82) is 0 Å². The molecule has 0 atom stereocenters. The molecule has 4 N–H and O–H groups in total. The normalized spacial score (nSPS) is 10.6. The number of nitrogens with zero attached hydrogens (tertiary/aromatic N) is 1. The Kier molecular flexibility index (Phi) is 4.22. The second kappa shape index (κ2) is 6.33. The van der Waals surface area contributed by atoms with Gasteiger partial charge in [0.25, 0.3) is 5.91 Å². The molecule has 0 saturated carbocycles. The Hall–Kier alpha value is -2.86. The Morgan fingerprint density at radius 2 is 2.00 bits per heavy atom. The molecule has 2 aromatic carbocycles. The van der Waals surface area contributed by atoms with Gasteiger partial charge >= 0.3 is 0 Å². The van der Waals surface area contributed by atoms with Crippen LogP contribution < -0.4 is 16.2 Å². The van der Waals surface area contributed by atoms with Crippen LogP contribution in [0.5, 0.6) is 5.75 Å². The summed E-state index contributed by atoms with van der Waals surface area (Å²) in [6.07, 6.45) is 0. The van der Waals surface area contributed by atoms with Gasteiger partial charge in [0.15, 0.2) is 5.96 Å². The fourth-order valence-corrected chi connectivity index (χ4v) is 3.63. The van der Waals surface area contributed by atoms with Crippen LogP contribution in [0.15, 0.2) is 46.8 Å². The van der Waals surface area contributed by atoms with Gasteiger partial charge in [0, 0.05) is 26.8 Å². The maximum atomic E-state index is 12.1. The van der Waals surface area contributed by atoms with E-state index < -0.39 is 5.91 Å². The molecule has 3 aromatic rings. The molecular formula is C18H17N3O2S. The highest BCUT2D eigenvalue weighted by Crippen LogP contribution is 2.40. The van der Waals surface area contributed by atoms with E-state index in [1.165, 1.54) is 0 Å². The predicted molar refractivity (Wildman–Crippen MR) is 98.7 cm³/mol. The van der Waals surface area contributed by atoms with Crippen molar-refractivity contribution in [2.45, 2.75) is 6.92 Å². The molecule has 122 valence electrons. The third kappa shape index (κ3) is 2.83. The number of amides is 1. The minimum absolute atomic E-state index is 0.244. The van der Waals surface area contributed by atoms with Gasteiger partial charge in [0.05, 0.1) is 7.11 Å². The Bertz CT molecular complexity index is 956. The molecule has 1 amide bonds. The second-order valence-electron chi connectivity index (χ2n) is 5.35. The summed E-state index contributed by atoms with van der Waals surface area (Å²) in [4.78, 5) is 15.7. The summed E-state index contributed by atoms with van der Waals surface area (Å²) in [7, 11) is 1.65. The molecule has 0 aliphatic rings. The summed E-state index contributed by atoms with van der Waals surface area (Å²) in [6.45, 7) is 2.04. The number of methoxy groups -OCH3 is 1. The maximum Gasteiger partial charge on any atom is 0.280 e. The van der Waals surface area contributed by atoms with Crippen molar-refractivity contribution >= 4 is 33.3 Å². The zero-order valence-electron chi connectivity index (χ0n) is 13.4. The van der Waals surface area contributed by atoms with Crippen molar-refractivity contribution in [3.63, 3.8) is 0 Å². The standard InChI is InChI=1S/C18H17N3O2S/c1-10-4-3-5-14(23-2)16(10)13-9-24-15-7-6-11(8-12(13)15)17(22)21-18(19)20/h3-9H,1-2H3,(H4,19,20,21,22). The maximum absolute atomic E-state index is 12.1. The van der Waals surface area contributed by atoms with Gasteiger partial charge < -0.3 is 16.2 Å². The van der Waals surface area contributed by atoms with Crippen LogP contribution in [0, 0.1) is 6.92 Å². The fourth-order valence-electron chi connectivity index (χ4n) is 2.69. The summed E-state index contributed by atoms with van der Waals surface area (Å²) in [6, 6.07) is 11.4. The first-order chi connectivity index (χ1) is 11.5. The molecule has 6 heteroatoms. The summed E-state index contributed by atoms with van der Waals surface area (Å²) in [5.41, 5.74) is 14.2.